The maximum Gasteiger partial charge on any atom is 0.303 e. The monoisotopic (exact) mass is 228 g/mol. The zero-order chi connectivity index (χ0) is 12.0. The van der Waals surface area contributed by atoms with Crippen LogP contribution in [0.1, 0.15) is 26.2 Å². The molecule has 0 saturated carbocycles. The number of rotatable bonds is 4. The molecule has 16 heavy (non-hydrogen) atoms. The summed E-state index contributed by atoms with van der Waals surface area (Å²) >= 11 is 0. The summed E-state index contributed by atoms with van der Waals surface area (Å²) in [5.41, 5.74) is 0. The fraction of sp³-hybridized carbons (Fsp3) is 0.818. The average molecular weight is 228 g/mol. The SMILES string of the molecule is CC(=O)N1CCCN(CCCC(=O)O)CC1. The van der Waals surface area contributed by atoms with Crippen LogP contribution in [0.3, 0.4) is 0 Å². The van der Waals surface area contributed by atoms with E-state index in [1.54, 1.807) is 6.92 Å². The lowest BCUT2D eigenvalue weighted by atomic mass is 10.3. The van der Waals surface area contributed by atoms with Crippen LogP contribution < -0.4 is 0 Å². The number of hydrogen-bond acceptors (Lipinski definition) is 3. The Bertz CT molecular complexity index is 256. The molecule has 1 rings (SSSR count). The molecule has 5 nitrogen and oxygen atoms in total. The summed E-state index contributed by atoms with van der Waals surface area (Å²) in [6.07, 6.45) is 1.90. The van der Waals surface area contributed by atoms with Crippen molar-refractivity contribution >= 4 is 11.9 Å². The number of carbonyl (C=O) groups is 2. The minimum atomic E-state index is -0.736. The van der Waals surface area contributed by atoms with Gasteiger partial charge in [-0.2, -0.15) is 0 Å². The first-order chi connectivity index (χ1) is 7.59. The number of nitrogens with zero attached hydrogens (tertiary/aromatic N) is 2. The zero-order valence-electron chi connectivity index (χ0n) is 9.81. The summed E-state index contributed by atoms with van der Waals surface area (Å²) in [5, 5.41) is 8.54. The van der Waals surface area contributed by atoms with Crippen LogP contribution in [0, 0.1) is 0 Å². The van der Waals surface area contributed by atoms with Gasteiger partial charge < -0.3 is 14.9 Å². The summed E-state index contributed by atoms with van der Waals surface area (Å²) in [6, 6.07) is 0. The highest BCUT2D eigenvalue weighted by molar-refractivity contribution is 5.73. The van der Waals surface area contributed by atoms with Crippen molar-refractivity contribution in [2.75, 3.05) is 32.7 Å². The Kier molecular flexibility index (Phi) is 5.25. The Morgan fingerprint density at radius 2 is 1.94 bits per heavy atom. The van der Waals surface area contributed by atoms with E-state index in [-0.39, 0.29) is 12.3 Å². The van der Waals surface area contributed by atoms with E-state index in [4.69, 9.17) is 5.11 Å². The number of aliphatic carboxylic acids is 1. The molecule has 0 spiro atoms. The molecule has 1 N–H and O–H groups in total. The zero-order valence-corrected chi connectivity index (χ0v) is 9.81. The number of hydrogen-bond donors (Lipinski definition) is 1. The molecule has 0 bridgehead atoms. The van der Waals surface area contributed by atoms with Gasteiger partial charge in [-0.25, -0.2) is 0 Å². The lowest BCUT2D eigenvalue weighted by Gasteiger charge is -2.20. The lowest BCUT2D eigenvalue weighted by molar-refractivity contribution is -0.137. The van der Waals surface area contributed by atoms with Gasteiger partial charge in [0.1, 0.15) is 0 Å². The predicted octanol–water partition coefficient (Wildman–Crippen LogP) is 0.405. The molecule has 1 heterocycles. The van der Waals surface area contributed by atoms with Crippen LogP contribution in [0.5, 0.6) is 0 Å². The van der Waals surface area contributed by atoms with Gasteiger partial charge in [0.2, 0.25) is 5.91 Å². The van der Waals surface area contributed by atoms with E-state index in [0.717, 1.165) is 39.1 Å². The molecule has 1 amide bonds. The molecule has 5 heteroatoms. The third-order valence-corrected chi connectivity index (χ3v) is 2.90. The van der Waals surface area contributed by atoms with Crippen molar-refractivity contribution in [1.29, 1.82) is 0 Å². The van der Waals surface area contributed by atoms with E-state index in [1.165, 1.54) is 0 Å². The molecular formula is C11H20N2O3. The van der Waals surface area contributed by atoms with Gasteiger partial charge in [0, 0.05) is 33.0 Å². The molecule has 0 aromatic rings. The standard InChI is InChI=1S/C11H20N2O3/c1-10(14)13-7-3-6-12(8-9-13)5-2-4-11(15)16/h2-9H2,1H3,(H,15,16). The fourth-order valence-electron chi connectivity index (χ4n) is 1.96. The van der Waals surface area contributed by atoms with E-state index >= 15 is 0 Å². The van der Waals surface area contributed by atoms with Gasteiger partial charge in [-0.3, -0.25) is 9.59 Å². The second kappa shape index (κ2) is 6.48. The van der Waals surface area contributed by atoms with Crippen molar-refractivity contribution in [3.8, 4) is 0 Å². The summed E-state index contributed by atoms with van der Waals surface area (Å²) < 4.78 is 0. The van der Waals surface area contributed by atoms with E-state index in [1.807, 2.05) is 4.90 Å². The van der Waals surface area contributed by atoms with Gasteiger partial charge in [0.05, 0.1) is 0 Å². The minimum absolute atomic E-state index is 0.132. The van der Waals surface area contributed by atoms with Crippen LogP contribution in [0.25, 0.3) is 0 Å². The Morgan fingerprint density at radius 3 is 2.56 bits per heavy atom. The van der Waals surface area contributed by atoms with Crippen LogP contribution in [0.2, 0.25) is 0 Å². The fourth-order valence-corrected chi connectivity index (χ4v) is 1.96. The molecule has 0 aromatic carbocycles. The van der Waals surface area contributed by atoms with Gasteiger partial charge in [-0.05, 0) is 25.9 Å². The summed E-state index contributed by atoms with van der Waals surface area (Å²) in [5.74, 6) is -0.604. The van der Waals surface area contributed by atoms with Crippen molar-refractivity contribution in [2.24, 2.45) is 0 Å². The first-order valence-corrected chi connectivity index (χ1v) is 5.79. The second-order valence-corrected chi connectivity index (χ2v) is 4.20. The molecule has 92 valence electrons. The normalized spacial score (nSPS) is 18.2. The van der Waals surface area contributed by atoms with Crippen molar-refractivity contribution in [2.45, 2.75) is 26.2 Å². The largest absolute Gasteiger partial charge is 0.481 e. The molecule has 0 aliphatic carbocycles. The van der Waals surface area contributed by atoms with Gasteiger partial charge in [0.15, 0.2) is 0 Å². The molecule has 0 aromatic heterocycles. The van der Waals surface area contributed by atoms with E-state index in [2.05, 4.69) is 4.90 Å². The first kappa shape index (κ1) is 13.0. The molecule has 1 fully saturated rings. The Labute approximate surface area is 96.0 Å². The van der Waals surface area contributed by atoms with Crippen LogP contribution in [-0.2, 0) is 9.59 Å². The van der Waals surface area contributed by atoms with E-state index in [9.17, 15) is 9.59 Å². The summed E-state index contributed by atoms with van der Waals surface area (Å²) in [7, 11) is 0. The highest BCUT2D eigenvalue weighted by Crippen LogP contribution is 2.04. The third-order valence-electron chi connectivity index (χ3n) is 2.90. The topological polar surface area (TPSA) is 60.9 Å². The smallest absolute Gasteiger partial charge is 0.303 e. The van der Waals surface area contributed by atoms with Crippen molar-refractivity contribution in [3.63, 3.8) is 0 Å². The molecule has 0 radical (unpaired) electrons. The molecule has 0 unspecified atom stereocenters. The highest BCUT2D eigenvalue weighted by Gasteiger charge is 2.15. The molecule has 1 saturated heterocycles. The van der Waals surface area contributed by atoms with Gasteiger partial charge in [0.25, 0.3) is 0 Å². The molecule has 0 atom stereocenters. The summed E-state index contributed by atoms with van der Waals surface area (Å²) in [4.78, 5) is 25.7. The minimum Gasteiger partial charge on any atom is -0.481 e. The van der Waals surface area contributed by atoms with Crippen molar-refractivity contribution < 1.29 is 14.7 Å². The Morgan fingerprint density at radius 1 is 1.19 bits per heavy atom. The van der Waals surface area contributed by atoms with Crippen LogP contribution in [0.15, 0.2) is 0 Å². The van der Waals surface area contributed by atoms with Crippen molar-refractivity contribution in [1.82, 2.24) is 9.80 Å². The number of carbonyl (C=O) groups excluding carboxylic acids is 1. The highest BCUT2D eigenvalue weighted by atomic mass is 16.4. The van der Waals surface area contributed by atoms with Crippen molar-refractivity contribution in [3.05, 3.63) is 0 Å². The molecular weight excluding hydrogens is 208 g/mol. The quantitative estimate of drug-likeness (QED) is 0.757. The Hall–Kier alpha value is -1.10. The Balaban J connectivity index is 2.25. The van der Waals surface area contributed by atoms with Crippen LogP contribution >= 0.6 is 0 Å². The first-order valence-electron chi connectivity index (χ1n) is 5.79. The maximum atomic E-state index is 11.2. The number of amides is 1. The molecule has 1 aliphatic rings. The third kappa shape index (κ3) is 4.61. The van der Waals surface area contributed by atoms with Crippen LogP contribution in [-0.4, -0.2) is 59.5 Å². The van der Waals surface area contributed by atoms with Crippen LogP contribution in [0.4, 0.5) is 0 Å². The molecule has 1 aliphatic heterocycles. The lowest BCUT2D eigenvalue weighted by Crippen LogP contribution is -2.34. The average Bonchev–Trinajstić information content (AvgIpc) is 2.42. The van der Waals surface area contributed by atoms with Gasteiger partial charge in [-0.1, -0.05) is 0 Å². The predicted molar refractivity (Wildman–Crippen MR) is 60.2 cm³/mol. The van der Waals surface area contributed by atoms with E-state index in [0.29, 0.717) is 6.42 Å². The maximum absolute atomic E-state index is 11.2. The second-order valence-electron chi connectivity index (χ2n) is 4.20. The van der Waals surface area contributed by atoms with Gasteiger partial charge >= 0.3 is 5.97 Å². The van der Waals surface area contributed by atoms with E-state index < -0.39 is 5.97 Å². The number of carboxylic acids is 1. The summed E-state index contributed by atoms with van der Waals surface area (Å²) in [6.45, 7) is 5.83. The number of carboxylic acid groups (broad SMARTS) is 1. The van der Waals surface area contributed by atoms with Gasteiger partial charge in [-0.15, -0.1) is 0 Å².